The van der Waals surface area contributed by atoms with Crippen LogP contribution in [0.15, 0.2) is 66.9 Å². The van der Waals surface area contributed by atoms with E-state index in [0.717, 1.165) is 5.56 Å². The van der Waals surface area contributed by atoms with Crippen LogP contribution in [0.2, 0.25) is 0 Å². The SMILES string of the molecule is Oc1cccc([C@@H](O)CNc2cc(-c3ccc(F)cc3)nc3ccnn23)c1. The highest BCUT2D eigenvalue weighted by atomic mass is 19.1. The summed E-state index contributed by atoms with van der Waals surface area (Å²) >= 11 is 0. The quantitative estimate of drug-likeness (QED) is 0.506. The summed E-state index contributed by atoms with van der Waals surface area (Å²) < 4.78 is 14.8. The minimum atomic E-state index is -0.815. The van der Waals surface area contributed by atoms with Crippen LogP contribution < -0.4 is 5.32 Å². The zero-order valence-electron chi connectivity index (χ0n) is 14.2. The van der Waals surface area contributed by atoms with Crippen molar-refractivity contribution in [1.29, 1.82) is 0 Å². The number of aliphatic hydroxyl groups is 1. The lowest BCUT2D eigenvalue weighted by Crippen LogP contribution is -2.15. The number of hydrogen-bond donors (Lipinski definition) is 3. The number of phenolic OH excluding ortho intramolecular Hbond substituents is 1. The average Bonchev–Trinajstić information content (AvgIpc) is 3.15. The molecule has 0 aliphatic carbocycles. The Morgan fingerprint density at radius 3 is 2.67 bits per heavy atom. The van der Waals surface area contributed by atoms with Gasteiger partial charge in [-0.1, -0.05) is 12.1 Å². The van der Waals surface area contributed by atoms with Crippen LogP contribution in [0.1, 0.15) is 11.7 Å². The molecule has 6 nitrogen and oxygen atoms in total. The van der Waals surface area contributed by atoms with Gasteiger partial charge in [0.1, 0.15) is 17.4 Å². The summed E-state index contributed by atoms with van der Waals surface area (Å²) in [5, 5.41) is 27.4. The summed E-state index contributed by atoms with van der Waals surface area (Å²) in [7, 11) is 0. The lowest BCUT2D eigenvalue weighted by Gasteiger charge is -2.15. The van der Waals surface area contributed by atoms with Gasteiger partial charge in [0.25, 0.3) is 0 Å². The molecule has 0 bridgehead atoms. The molecule has 0 aliphatic rings. The van der Waals surface area contributed by atoms with Crippen molar-refractivity contribution in [3.8, 4) is 17.0 Å². The molecular formula is C20H17FN4O2. The largest absolute Gasteiger partial charge is 0.508 e. The Labute approximate surface area is 154 Å². The van der Waals surface area contributed by atoms with Crippen molar-refractivity contribution in [2.24, 2.45) is 0 Å². The van der Waals surface area contributed by atoms with E-state index in [-0.39, 0.29) is 18.1 Å². The molecule has 0 fully saturated rings. The van der Waals surface area contributed by atoms with Crippen LogP contribution in [-0.2, 0) is 0 Å². The lowest BCUT2D eigenvalue weighted by molar-refractivity contribution is 0.191. The van der Waals surface area contributed by atoms with E-state index in [1.54, 1.807) is 53.2 Å². The summed E-state index contributed by atoms with van der Waals surface area (Å²) in [5.74, 6) is 0.434. The minimum absolute atomic E-state index is 0.100. The van der Waals surface area contributed by atoms with Crippen LogP contribution in [0.5, 0.6) is 5.75 Å². The fourth-order valence-electron chi connectivity index (χ4n) is 2.86. The molecule has 7 heteroatoms. The van der Waals surface area contributed by atoms with Gasteiger partial charge in [-0.25, -0.2) is 9.37 Å². The zero-order valence-corrected chi connectivity index (χ0v) is 14.2. The van der Waals surface area contributed by atoms with Crippen molar-refractivity contribution in [3.63, 3.8) is 0 Å². The molecule has 3 N–H and O–H groups in total. The van der Waals surface area contributed by atoms with Crippen molar-refractivity contribution in [1.82, 2.24) is 14.6 Å². The standard InChI is InChI=1S/C20H17FN4O2/c21-15-6-4-13(5-7-15)17-11-20(25-19(24-17)8-9-23-25)22-12-18(27)14-2-1-3-16(26)10-14/h1-11,18,22,26-27H,12H2/t18-/m0/s1. The number of nitrogens with one attached hydrogen (secondary N) is 1. The maximum atomic E-state index is 13.2. The third-order valence-electron chi connectivity index (χ3n) is 4.23. The van der Waals surface area contributed by atoms with Crippen molar-refractivity contribution >= 4 is 11.5 Å². The van der Waals surface area contributed by atoms with Crippen LogP contribution >= 0.6 is 0 Å². The van der Waals surface area contributed by atoms with Crippen LogP contribution in [0.25, 0.3) is 16.9 Å². The van der Waals surface area contributed by atoms with Crippen molar-refractivity contribution in [2.75, 3.05) is 11.9 Å². The van der Waals surface area contributed by atoms with Crippen molar-refractivity contribution in [3.05, 3.63) is 78.2 Å². The monoisotopic (exact) mass is 364 g/mol. The fraction of sp³-hybridized carbons (Fsp3) is 0.100. The van der Waals surface area contributed by atoms with Gasteiger partial charge >= 0.3 is 0 Å². The van der Waals surface area contributed by atoms with E-state index in [0.29, 0.717) is 22.7 Å². The minimum Gasteiger partial charge on any atom is -0.508 e. The molecule has 2 aromatic heterocycles. The molecule has 0 unspecified atom stereocenters. The Morgan fingerprint density at radius 2 is 1.89 bits per heavy atom. The first-order valence-corrected chi connectivity index (χ1v) is 8.42. The maximum absolute atomic E-state index is 13.2. The number of nitrogens with zero attached hydrogens (tertiary/aromatic N) is 3. The van der Waals surface area contributed by atoms with Gasteiger partial charge in [0, 0.05) is 24.2 Å². The molecule has 0 saturated carbocycles. The van der Waals surface area contributed by atoms with Crippen molar-refractivity contribution in [2.45, 2.75) is 6.10 Å². The number of benzene rings is 2. The van der Waals surface area contributed by atoms with Gasteiger partial charge in [-0.2, -0.15) is 9.61 Å². The topological polar surface area (TPSA) is 82.7 Å². The first-order chi connectivity index (χ1) is 13.1. The van der Waals surface area contributed by atoms with E-state index in [1.807, 2.05) is 0 Å². The molecule has 136 valence electrons. The number of aromatic nitrogens is 3. The number of phenols is 1. The predicted molar refractivity (Wildman–Crippen MR) is 99.9 cm³/mol. The Hall–Kier alpha value is -3.45. The number of fused-ring (bicyclic) bond motifs is 1. The number of aliphatic hydroxyl groups excluding tert-OH is 1. The zero-order chi connectivity index (χ0) is 18.8. The number of rotatable bonds is 5. The van der Waals surface area contributed by atoms with E-state index >= 15 is 0 Å². The molecule has 0 saturated heterocycles. The molecule has 2 aromatic carbocycles. The predicted octanol–water partition coefficient (Wildman–Crippen LogP) is 3.39. The second-order valence-electron chi connectivity index (χ2n) is 6.13. The van der Waals surface area contributed by atoms with E-state index < -0.39 is 6.10 Å². The number of anilines is 1. The summed E-state index contributed by atoms with van der Waals surface area (Å²) in [6.45, 7) is 0.214. The van der Waals surface area contributed by atoms with Gasteiger partial charge < -0.3 is 15.5 Å². The number of hydrogen-bond acceptors (Lipinski definition) is 5. The van der Waals surface area contributed by atoms with Crippen LogP contribution in [0, 0.1) is 5.82 Å². The molecule has 4 aromatic rings. The summed E-state index contributed by atoms with van der Waals surface area (Å²) in [5.41, 5.74) is 2.67. The van der Waals surface area contributed by atoms with E-state index in [4.69, 9.17) is 0 Å². The van der Waals surface area contributed by atoms with Gasteiger partial charge in [0.05, 0.1) is 18.0 Å². The van der Waals surface area contributed by atoms with Crippen LogP contribution in [-0.4, -0.2) is 31.4 Å². The van der Waals surface area contributed by atoms with Crippen LogP contribution in [0.4, 0.5) is 10.2 Å². The van der Waals surface area contributed by atoms with Crippen molar-refractivity contribution < 1.29 is 14.6 Å². The lowest BCUT2D eigenvalue weighted by atomic mass is 10.1. The van der Waals surface area contributed by atoms with Gasteiger partial charge in [-0.05, 0) is 42.0 Å². The maximum Gasteiger partial charge on any atom is 0.157 e. The summed E-state index contributed by atoms with van der Waals surface area (Å²) in [6, 6.07) is 16.1. The van der Waals surface area contributed by atoms with E-state index in [1.165, 1.54) is 18.2 Å². The molecule has 0 amide bonds. The molecule has 27 heavy (non-hydrogen) atoms. The molecule has 0 spiro atoms. The second kappa shape index (κ2) is 7.05. The summed E-state index contributed by atoms with van der Waals surface area (Å²) in [4.78, 5) is 4.54. The first-order valence-electron chi connectivity index (χ1n) is 8.42. The Bertz CT molecular complexity index is 1080. The highest BCUT2D eigenvalue weighted by molar-refractivity contribution is 5.66. The molecule has 4 rings (SSSR count). The molecular weight excluding hydrogens is 347 g/mol. The third kappa shape index (κ3) is 3.58. The molecule has 0 aliphatic heterocycles. The fourth-order valence-corrected chi connectivity index (χ4v) is 2.86. The third-order valence-corrected chi connectivity index (χ3v) is 4.23. The second-order valence-corrected chi connectivity index (χ2v) is 6.13. The highest BCUT2D eigenvalue weighted by Crippen LogP contribution is 2.24. The van der Waals surface area contributed by atoms with Gasteiger partial charge in [0.2, 0.25) is 0 Å². The Kier molecular flexibility index (Phi) is 4.43. The Balaban J connectivity index is 1.62. The molecule has 0 radical (unpaired) electrons. The average molecular weight is 364 g/mol. The van der Waals surface area contributed by atoms with E-state index in [9.17, 15) is 14.6 Å². The number of halogens is 1. The van der Waals surface area contributed by atoms with E-state index in [2.05, 4.69) is 15.4 Å². The highest BCUT2D eigenvalue weighted by Gasteiger charge is 2.12. The first kappa shape index (κ1) is 17.0. The molecule has 2 heterocycles. The number of aromatic hydroxyl groups is 1. The van der Waals surface area contributed by atoms with Gasteiger partial charge in [0.15, 0.2) is 5.65 Å². The normalized spacial score (nSPS) is 12.2. The smallest absolute Gasteiger partial charge is 0.157 e. The Morgan fingerprint density at radius 1 is 1.07 bits per heavy atom. The van der Waals surface area contributed by atoms with Crippen LogP contribution in [0.3, 0.4) is 0 Å². The summed E-state index contributed by atoms with van der Waals surface area (Å²) in [6.07, 6.45) is 0.818. The molecule has 1 atom stereocenters. The van der Waals surface area contributed by atoms with Gasteiger partial charge in [-0.15, -0.1) is 0 Å². The van der Waals surface area contributed by atoms with Gasteiger partial charge in [-0.3, -0.25) is 0 Å².